The predicted molar refractivity (Wildman–Crippen MR) is 89.5 cm³/mol. The van der Waals surface area contributed by atoms with Crippen molar-refractivity contribution in [3.63, 3.8) is 0 Å². The third kappa shape index (κ3) is 4.14. The van der Waals surface area contributed by atoms with Crippen LogP contribution in [0.15, 0.2) is 29.6 Å². The molecule has 0 bridgehead atoms. The van der Waals surface area contributed by atoms with Crippen LogP contribution in [-0.2, 0) is 10.2 Å². The third-order valence-electron chi connectivity index (χ3n) is 2.94. The molecule has 1 aromatic carbocycles. The van der Waals surface area contributed by atoms with Crippen LogP contribution in [0, 0.1) is 0 Å². The second-order valence-corrected chi connectivity index (χ2v) is 6.86. The molecule has 0 radical (unpaired) electrons. The van der Waals surface area contributed by atoms with E-state index in [1.165, 1.54) is 18.3 Å². The van der Waals surface area contributed by atoms with Gasteiger partial charge in [-0.25, -0.2) is 4.98 Å². The minimum atomic E-state index is -0.248. The minimum absolute atomic E-state index is 0.0508. The van der Waals surface area contributed by atoms with E-state index >= 15 is 0 Å². The molecule has 116 valence electrons. The van der Waals surface area contributed by atoms with Gasteiger partial charge in [0, 0.05) is 29.0 Å². The van der Waals surface area contributed by atoms with Gasteiger partial charge in [0.05, 0.1) is 5.69 Å². The van der Waals surface area contributed by atoms with E-state index in [0.717, 1.165) is 5.69 Å². The first kappa shape index (κ1) is 16.2. The van der Waals surface area contributed by atoms with Crippen LogP contribution in [0.25, 0.3) is 0 Å². The molecule has 0 aliphatic heterocycles. The summed E-state index contributed by atoms with van der Waals surface area (Å²) in [5.41, 5.74) is 1.96. The van der Waals surface area contributed by atoms with Crippen LogP contribution >= 0.6 is 11.3 Å². The molecule has 2 N–H and O–H groups in total. The van der Waals surface area contributed by atoms with Crippen molar-refractivity contribution in [1.29, 1.82) is 0 Å². The first-order chi connectivity index (χ1) is 10.3. The summed E-state index contributed by atoms with van der Waals surface area (Å²) in [6.07, 6.45) is 0. The van der Waals surface area contributed by atoms with Gasteiger partial charge in [0.15, 0.2) is 5.13 Å². The molecule has 6 heteroatoms. The van der Waals surface area contributed by atoms with Gasteiger partial charge in [-0.05, 0) is 18.2 Å². The van der Waals surface area contributed by atoms with Crippen LogP contribution < -0.4 is 10.6 Å². The highest BCUT2D eigenvalue weighted by atomic mass is 32.1. The Balaban J connectivity index is 2.12. The number of anilines is 2. The van der Waals surface area contributed by atoms with Gasteiger partial charge in [0.1, 0.15) is 0 Å². The molecule has 5 nitrogen and oxygen atoms in total. The second kappa shape index (κ2) is 6.27. The zero-order valence-electron chi connectivity index (χ0n) is 13.1. The average Bonchev–Trinajstić information content (AvgIpc) is 2.86. The molecule has 0 spiro atoms. The van der Waals surface area contributed by atoms with Crippen molar-refractivity contribution in [3.8, 4) is 0 Å². The molecular weight excluding hydrogens is 298 g/mol. The highest BCUT2D eigenvalue weighted by Crippen LogP contribution is 2.26. The fourth-order valence-corrected chi connectivity index (χ4v) is 2.72. The molecule has 0 saturated carbocycles. The number of hydrogen-bond donors (Lipinski definition) is 2. The largest absolute Gasteiger partial charge is 0.326 e. The number of hydrogen-bond acceptors (Lipinski definition) is 4. The maximum Gasteiger partial charge on any atom is 0.257 e. The van der Waals surface area contributed by atoms with Crippen LogP contribution in [0.3, 0.4) is 0 Å². The van der Waals surface area contributed by atoms with Crippen molar-refractivity contribution in [1.82, 2.24) is 4.98 Å². The van der Waals surface area contributed by atoms with Gasteiger partial charge < -0.3 is 5.32 Å². The fourth-order valence-electron chi connectivity index (χ4n) is 1.79. The van der Waals surface area contributed by atoms with Gasteiger partial charge in [-0.1, -0.05) is 26.8 Å². The van der Waals surface area contributed by atoms with Crippen molar-refractivity contribution in [2.75, 3.05) is 10.6 Å². The van der Waals surface area contributed by atoms with Crippen molar-refractivity contribution < 1.29 is 9.59 Å². The summed E-state index contributed by atoms with van der Waals surface area (Å²) >= 11 is 1.40. The molecule has 1 heterocycles. The van der Waals surface area contributed by atoms with Crippen LogP contribution in [0.1, 0.15) is 43.7 Å². The number of thiazole rings is 1. The Labute approximate surface area is 133 Å². The number of aromatic nitrogens is 1. The van der Waals surface area contributed by atoms with Crippen molar-refractivity contribution in [2.45, 2.75) is 33.1 Å². The van der Waals surface area contributed by atoms with Crippen LogP contribution in [0.4, 0.5) is 10.8 Å². The van der Waals surface area contributed by atoms with Crippen LogP contribution in [0.2, 0.25) is 0 Å². The molecule has 2 rings (SSSR count). The Morgan fingerprint density at radius 1 is 1.18 bits per heavy atom. The number of nitrogens with zero attached hydrogens (tertiary/aromatic N) is 1. The molecular formula is C16H19N3O2S. The zero-order chi connectivity index (χ0) is 16.3. The number of carbonyl (C=O) groups is 2. The number of amides is 2. The molecule has 0 unspecified atom stereocenters. The van der Waals surface area contributed by atoms with Crippen molar-refractivity contribution in [2.24, 2.45) is 0 Å². The standard InChI is InChI=1S/C16H19N3O2S/c1-10(20)17-12-7-5-6-11(8-12)14(21)19-15-18-13(9-22-15)16(2,3)4/h5-9H,1-4H3,(H,17,20)(H,18,19,21). The maximum absolute atomic E-state index is 12.3. The predicted octanol–water partition coefficient (Wildman–Crippen LogP) is 3.65. The summed E-state index contributed by atoms with van der Waals surface area (Å²) in [6.45, 7) is 7.65. The van der Waals surface area contributed by atoms with Gasteiger partial charge in [-0.2, -0.15) is 0 Å². The van der Waals surface area contributed by atoms with Crippen LogP contribution in [-0.4, -0.2) is 16.8 Å². The quantitative estimate of drug-likeness (QED) is 0.907. The smallest absolute Gasteiger partial charge is 0.257 e. The summed E-state index contributed by atoms with van der Waals surface area (Å²) in [4.78, 5) is 27.8. The lowest BCUT2D eigenvalue weighted by atomic mass is 9.93. The molecule has 0 fully saturated rings. The maximum atomic E-state index is 12.3. The lowest BCUT2D eigenvalue weighted by molar-refractivity contribution is -0.114. The molecule has 1 aromatic heterocycles. The Morgan fingerprint density at radius 2 is 1.91 bits per heavy atom. The Kier molecular flexibility index (Phi) is 4.61. The average molecular weight is 317 g/mol. The van der Waals surface area contributed by atoms with E-state index in [4.69, 9.17) is 0 Å². The monoisotopic (exact) mass is 317 g/mol. The molecule has 0 aliphatic rings. The summed E-state index contributed by atoms with van der Waals surface area (Å²) in [5, 5.41) is 7.96. The van der Waals surface area contributed by atoms with Gasteiger partial charge in [0.25, 0.3) is 5.91 Å². The molecule has 22 heavy (non-hydrogen) atoms. The summed E-state index contributed by atoms with van der Waals surface area (Å²) in [7, 11) is 0. The first-order valence-corrected chi connectivity index (χ1v) is 7.78. The molecule has 0 aliphatic carbocycles. The van der Waals surface area contributed by atoms with Gasteiger partial charge in [0.2, 0.25) is 5.91 Å². The summed E-state index contributed by atoms with van der Waals surface area (Å²) in [6, 6.07) is 6.79. The second-order valence-electron chi connectivity index (χ2n) is 6.00. The third-order valence-corrected chi connectivity index (χ3v) is 3.70. The summed E-state index contributed by atoms with van der Waals surface area (Å²) in [5.74, 6) is -0.422. The Bertz CT molecular complexity index is 701. The minimum Gasteiger partial charge on any atom is -0.326 e. The number of rotatable bonds is 3. The lowest BCUT2D eigenvalue weighted by Gasteiger charge is -2.14. The lowest BCUT2D eigenvalue weighted by Crippen LogP contribution is -2.14. The van der Waals surface area contributed by atoms with E-state index in [9.17, 15) is 9.59 Å². The normalized spacial score (nSPS) is 11.1. The highest BCUT2D eigenvalue weighted by molar-refractivity contribution is 7.14. The van der Waals surface area contributed by atoms with Crippen LogP contribution in [0.5, 0.6) is 0 Å². The van der Waals surface area contributed by atoms with Gasteiger partial charge >= 0.3 is 0 Å². The topological polar surface area (TPSA) is 71.1 Å². The fraction of sp³-hybridized carbons (Fsp3) is 0.312. The van der Waals surface area contributed by atoms with E-state index in [1.54, 1.807) is 24.3 Å². The van der Waals surface area contributed by atoms with E-state index in [0.29, 0.717) is 16.4 Å². The molecule has 0 atom stereocenters. The van der Waals surface area contributed by atoms with Gasteiger partial charge in [-0.3, -0.25) is 14.9 Å². The molecule has 2 amide bonds. The van der Waals surface area contributed by atoms with E-state index < -0.39 is 0 Å². The number of carbonyl (C=O) groups excluding carboxylic acids is 2. The van der Waals surface area contributed by atoms with Crippen molar-refractivity contribution in [3.05, 3.63) is 40.9 Å². The van der Waals surface area contributed by atoms with Crippen molar-refractivity contribution >= 4 is 34.0 Å². The molecule has 0 saturated heterocycles. The zero-order valence-corrected chi connectivity index (χ0v) is 13.9. The Morgan fingerprint density at radius 3 is 2.50 bits per heavy atom. The van der Waals surface area contributed by atoms with E-state index in [-0.39, 0.29) is 17.2 Å². The SMILES string of the molecule is CC(=O)Nc1cccc(C(=O)Nc2nc(C(C)(C)C)cs2)c1. The van der Waals surface area contributed by atoms with E-state index in [1.807, 2.05) is 5.38 Å². The van der Waals surface area contributed by atoms with Gasteiger partial charge in [-0.15, -0.1) is 11.3 Å². The summed E-state index contributed by atoms with van der Waals surface area (Å²) < 4.78 is 0. The van der Waals surface area contributed by atoms with E-state index in [2.05, 4.69) is 36.4 Å². The highest BCUT2D eigenvalue weighted by Gasteiger charge is 2.18. The number of benzene rings is 1. The first-order valence-electron chi connectivity index (χ1n) is 6.91. The number of nitrogens with one attached hydrogen (secondary N) is 2. The Hall–Kier alpha value is -2.21. The molecule has 2 aromatic rings.